The summed E-state index contributed by atoms with van der Waals surface area (Å²) in [6.07, 6.45) is 4.93. The second kappa shape index (κ2) is 7.07. The van der Waals surface area contributed by atoms with Gasteiger partial charge in [-0.3, -0.25) is 9.78 Å². The lowest BCUT2D eigenvalue weighted by atomic mass is 10.1. The van der Waals surface area contributed by atoms with E-state index in [1.807, 2.05) is 29.3 Å². The Hall–Kier alpha value is -2.36. The molecule has 4 heteroatoms. The van der Waals surface area contributed by atoms with Gasteiger partial charge < -0.3 is 9.80 Å². The second-order valence-electron chi connectivity index (χ2n) is 5.56. The van der Waals surface area contributed by atoms with E-state index in [2.05, 4.69) is 34.1 Å². The van der Waals surface area contributed by atoms with Crippen molar-refractivity contribution in [1.82, 2.24) is 9.88 Å². The smallest absolute Gasteiger partial charge is 0.223 e. The van der Waals surface area contributed by atoms with Gasteiger partial charge in [0, 0.05) is 50.7 Å². The number of hydrogen-bond acceptors (Lipinski definition) is 3. The molecule has 0 saturated carbocycles. The number of aryl methyl sites for hydroxylation is 1. The average Bonchev–Trinajstić information content (AvgIpc) is 2.61. The van der Waals surface area contributed by atoms with Crippen molar-refractivity contribution in [1.29, 1.82) is 0 Å². The topological polar surface area (TPSA) is 36.4 Å². The first-order chi connectivity index (χ1) is 10.8. The largest absolute Gasteiger partial charge is 0.368 e. The molecule has 0 N–H and O–H groups in total. The standard InChI is InChI=1S/C18H21N3O/c22-18(9-8-16-5-4-10-19-15-16)21-13-11-20(12-14-21)17-6-2-1-3-7-17/h1-7,10,15H,8-9,11-14H2. The monoisotopic (exact) mass is 295 g/mol. The highest BCUT2D eigenvalue weighted by atomic mass is 16.2. The number of carbonyl (C=O) groups is 1. The van der Waals surface area contributed by atoms with Crippen molar-refractivity contribution in [3.05, 3.63) is 60.4 Å². The number of rotatable bonds is 4. The van der Waals surface area contributed by atoms with Crippen LogP contribution in [0.5, 0.6) is 0 Å². The van der Waals surface area contributed by atoms with E-state index in [1.165, 1.54) is 5.69 Å². The van der Waals surface area contributed by atoms with E-state index in [9.17, 15) is 4.79 Å². The van der Waals surface area contributed by atoms with E-state index in [0.29, 0.717) is 6.42 Å². The summed E-state index contributed by atoms with van der Waals surface area (Å²) < 4.78 is 0. The fraction of sp³-hybridized carbons (Fsp3) is 0.333. The maximum absolute atomic E-state index is 12.3. The summed E-state index contributed by atoms with van der Waals surface area (Å²) in [5.74, 6) is 0.247. The molecule has 114 valence electrons. The zero-order chi connectivity index (χ0) is 15.2. The number of benzene rings is 1. The van der Waals surface area contributed by atoms with Crippen molar-refractivity contribution in [3.8, 4) is 0 Å². The van der Waals surface area contributed by atoms with Crippen LogP contribution in [0, 0.1) is 0 Å². The van der Waals surface area contributed by atoms with Gasteiger partial charge in [0.15, 0.2) is 0 Å². The molecule has 1 saturated heterocycles. The molecule has 0 radical (unpaired) electrons. The molecule has 1 aromatic heterocycles. The van der Waals surface area contributed by atoms with Crippen molar-refractivity contribution in [2.24, 2.45) is 0 Å². The number of para-hydroxylation sites is 1. The first-order valence-corrected chi connectivity index (χ1v) is 7.79. The minimum Gasteiger partial charge on any atom is -0.368 e. The number of anilines is 1. The quantitative estimate of drug-likeness (QED) is 0.869. The molecule has 22 heavy (non-hydrogen) atoms. The minimum absolute atomic E-state index is 0.247. The molecule has 0 spiro atoms. The molecule has 2 aromatic rings. The van der Waals surface area contributed by atoms with Gasteiger partial charge in [0.25, 0.3) is 0 Å². The summed E-state index contributed by atoms with van der Waals surface area (Å²) in [6, 6.07) is 14.3. The molecule has 0 aliphatic carbocycles. The number of aromatic nitrogens is 1. The maximum atomic E-state index is 12.3. The van der Waals surface area contributed by atoms with Crippen LogP contribution in [0.15, 0.2) is 54.9 Å². The van der Waals surface area contributed by atoms with Crippen LogP contribution >= 0.6 is 0 Å². The molecular formula is C18H21N3O. The SMILES string of the molecule is O=C(CCc1cccnc1)N1CCN(c2ccccc2)CC1. The third kappa shape index (κ3) is 3.64. The highest BCUT2D eigenvalue weighted by Crippen LogP contribution is 2.16. The summed E-state index contributed by atoms with van der Waals surface area (Å²) in [7, 11) is 0. The molecule has 1 aliphatic heterocycles. The Kier molecular flexibility index (Phi) is 4.68. The minimum atomic E-state index is 0.247. The first-order valence-electron chi connectivity index (χ1n) is 7.79. The molecule has 0 atom stereocenters. The van der Waals surface area contributed by atoms with Crippen LogP contribution in [0.4, 0.5) is 5.69 Å². The van der Waals surface area contributed by atoms with Gasteiger partial charge in [-0.1, -0.05) is 24.3 Å². The molecule has 0 unspecified atom stereocenters. The van der Waals surface area contributed by atoms with Crippen LogP contribution in [-0.2, 0) is 11.2 Å². The van der Waals surface area contributed by atoms with Crippen molar-refractivity contribution in [2.75, 3.05) is 31.1 Å². The van der Waals surface area contributed by atoms with Crippen molar-refractivity contribution >= 4 is 11.6 Å². The van der Waals surface area contributed by atoms with Crippen molar-refractivity contribution < 1.29 is 4.79 Å². The average molecular weight is 295 g/mol. The Morgan fingerprint density at radius 2 is 1.77 bits per heavy atom. The van der Waals surface area contributed by atoms with E-state index >= 15 is 0 Å². The third-order valence-corrected chi connectivity index (χ3v) is 4.10. The summed E-state index contributed by atoms with van der Waals surface area (Å²) in [4.78, 5) is 20.7. The van der Waals surface area contributed by atoms with Gasteiger partial charge in [-0.15, -0.1) is 0 Å². The number of nitrogens with zero attached hydrogens (tertiary/aromatic N) is 3. The highest BCUT2D eigenvalue weighted by molar-refractivity contribution is 5.76. The fourth-order valence-corrected chi connectivity index (χ4v) is 2.81. The molecule has 4 nitrogen and oxygen atoms in total. The van der Waals surface area contributed by atoms with Gasteiger partial charge in [-0.25, -0.2) is 0 Å². The Bertz CT molecular complexity index is 592. The Morgan fingerprint density at radius 1 is 1.00 bits per heavy atom. The van der Waals surface area contributed by atoms with Gasteiger partial charge in [0.2, 0.25) is 5.91 Å². The summed E-state index contributed by atoms with van der Waals surface area (Å²) in [6.45, 7) is 3.42. The van der Waals surface area contributed by atoms with Crippen LogP contribution in [-0.4, -0.2) is 42.0 Å². The molecule has 3 rings (SSSR count). The van der Waals surface area contributed by atoms with E-state index in [0.717, 1.165) is 38.2 Å². The Balaban J connectivity index is 1.48. The molecule has 1 fully saturated rings. The predicted molar refractivity (Wildman–Crippen MR) is 87.8 cm³/mol. The van der Waals surface area contributed by atoms with Crippen LogP contribution in [0.25, 0.3) is 0 Å². The lowest BCUT2D eigenvalue weighted by molar-refractivity contribution is -0.131. The van der Waals surface area contributed by atoms with Gasteiger partial charge in [0.1, 0.15) is 0 Å². The van der Waals surface area contributed by atoms with Gasteiger partial charge in [-0.2, -0.15) is 0 Å². The van der Waals surface area contributed by atoms with E-state index in [-0.39, 0.29) is 5.91 Å². The lowest BCUT2D eigenvalue weighted by Gasteiger charge is -2.36. The van der Waals surface area contributed by atoms with Crippen LogP contribution in [0.1, 0.15) is 12.0 Å². The number of carbonyl (C=O) groups excluding carboxylic acids is 1. The molecule has 0 bridgehead atoms. The van der Waals surface area contributed by atoms with Gasteiger partial charge in [-0.05, 0) is 30.2 Å². The number of amides is 1. The van der Waals surface area contributed by atoms with E-state index in [4.69, 9.17) is 0 Å². The molecule has 1 aliphatic rings. The second-order valence-corrected chi connectivity index (χ2v) is 5.56. The molecule has 1 amide bonds. The number of hydrogen-bond donors (Lipinski definition) is 0. The van der Waals surface area contributed by atoms with Crippen molar-refractivity contribution in [2.45, 2.75) is 12.8 Å². The summed E-state index contributed by atoms with van der Waals surface area (Å²) >= 11 is 0. The summed E-state index contributed by atoms with van der Waals surface area (Å²) in [5, 5.41) is 0. The van der Waals surface area contributed by atoms with E-state index in [1.54, 1.807) is 6.20 Å². The lowest BCUT2D eigenvalue weighted by Crippen LogP contribution is -2.48. The Morgan fingerprint density at radius 3 is 2.45 bits per heavy atom. The maximum Gasteiger partial charge on any atom is 0.223 e. The number of piperazine rings is 1. The normalized spacial score (nSPS) is 14.9. The van der Waals surface area contributed by atoms with Gasteiger partial charge in [0.05, 0.1) is 0 Å². The van der Waals surface area contributed by atoms with Crippen LogP contribution in [0.2, 0.25) is 0 Å². The number of pyridine rings is 1. The first kappa shape index (κ1) is 14.6. The van der Waals surface area contributed by atoms with Crippen LogP contribution < -0.4 is 4.90 Å². The van der Waals surface area contributed by atoms with Crippen molar-refractivity contribution in [3.63, 3.8) is 0 Å². The van der Waals surface area contributed by atoms with Crippen LogP contribution in [0.3, 0.4) is 0 Å². The van der Waals surface area contributed by atoms with Gasteiger partial charge >= 0.3 is 0 Å². The zero-order valence-corrected chi connectivity index (χ0v) is 12.7. The fourth-order valence-electron chi connectivity index (χ4n) is 2.81. The molecule has 2 heterocycles. The highest BCUT2D eigenvalue weighted by Gasteiger charge is 2.20. The predicted octanol–water partition coefficient (Wildman–Crippen LogP) is 2.36. The summed E-state index contributed by atoms with van der Waals surface area (Å²) in [5.41, 5.74) is 2.36. The van der Waals surface area contributed by atoms with E-state index < -0.39 is 0 Å². The molecular weight excluding hydrogens is 274 g/mol. The Labute approximate surface area is 131 Å². The zero-order valence-electron chi connectivity index (χ0n) is 12.7. The molecule has 1 aromatic carbocycles. The third-order valence-electron chi connectivity index (χ3n) is 4.10.